The number of alkyl carbamates (subject to hydrolysis) is 1. The molecule has 0 aromatic carbocycles. The summed E-state index contributed by atoms with van der Waals surface area (Å²) in [5.41, 5.74) is 0.241. The fraction of sp³-hybridized carbons (Fsp3) is 0.700. The molecule has 1 aromatic heterocycles. The fourth-order valence-corrected chi connectivity index (χ4v) is 6.50. The standard InChI is InChI=1S/C30H42N2O6S/c1-19-5-7-20(8-6-19)27(33)32(25-17-24(13-15-30(2,3)4)39-26(25)28(34)35)22-11-9-21(10-12-22)31-29(36)38-23-14-16-37-18-23/h17,19-23H,5-12,14,16,18H2,1-4H3,(H,31,36)(H,34,35)/t19-,20-,21?,22?,23-/m1/s1. The first-order valence-electron chi connectivity index (χ1n) is 14.3. The van der Waals surface area contributed by atoms with Crippen molar-refractivity contribution in [2.75, 3.05) is 18.1 Å². The molecule has 2 aliphatic carbocycles. The molecule has 2 amide bonds. The summed E-state index contributed by atoms with van der Waals surface area (Å²) in [6, 6.07) is 1.62. The molecule has 3 aliphatic rings. The minimum atomic E-state index is -1.04. The van der Waals surface area contributed by atoms with Gasteiger partial charge in [0.25, 0.3) is 0 Å². The van der Waals surface area contributed by atoms with Crippen LogP contribution in [0.4, 0.5) is 10.5 Å². The number of nitrogens with zero attached hydrogens (tertiary/aromatic N) is 1. The van der Waals surface area contributed by atoms with Gasteiger partial charge in [-0.2, -0.15) is 0 Å². The minimum absolute atomic E-state index is 0.0228. The molecule has 1 saturated heterocycles. The number of ether oxygens (including phenoxy) is 2. The van der Waals surface area contributed by atoms with Crippen LogP contribution in [0.15, 0.2) is 6.07 Å². The molecule has 2 heterocycles. The lowest BCUT2D eigenvalue weighted by Gasteiger charge is -2.39. The van der Waals surface area contributed by atoms with Gasteiger partial charge in [0.15, 0.2) is 0 Å². The van der Waals surface area contributed by atoms with Crippen molar-refractivity contribution in [2.24, 2.45) is 17.3 Å². The van der Waals surface area contributed by atoms with Gasteiger partial charge in [-0.15, -0.1) is 11.3 Å². The van der Waals surface area contributed by atoms with Crippen LogP contribution < -0.4 is 10.2 Å². The van der Waals surface area contributed by atoms with E-state index < -0.39 is 12.1 Å². The van der Waals surface area contributed by atoms with E-state index in [1.807, 2.05) is 20.8 Å². The number of carboxylic acids is 1. The molecule has 2 N–H and O–H groups in total. The fourth-order valence-electron chi connectivity index (χ4n) is 5.66. The Bertz CT molecular complexity index is 1090. The third-order valence-corrected chi connectivity index (χ3v) is 8.90. The SMILES string of the molecule is CC(C)(C)C#Cc1cc(N(C(=O)[C@H]2CC[C@H](C)CC2)C2CCC(NC(=O)O[C@@H]3CCOC3)CC2)c(C(=O)O)s1. The van der Waals surface area contributed by atoms with E-state index in [-0.39, 0.29) is 40.3 Å². The Kier molecular flexibility index (Phi) is 9.60. The Labute approximate surface area is 235 Å². The predicted molar refractivity (Wildman–Crippen MR) is 151 cm³/mol. The second-order valence-electron chi connectivity index (χ2n) is 12.3. The molecule has 9 heteroatoms. The van der Waals surface area contributed by atoms with Gasteiger partial charge in [0.05, 0.1) is 23.8 Å². The Morgan fingerprint density at radius 2 is 1.77 bits per heavy atom. The van der Waals surface area contributed by atoms with Crippen molar-refractivity contribution in [3.63, 3.8) is 0 Å². The summed E-state index contributed by atoms with van der Waals surface area (Å²) in [5, 5.41) is 13.1. The lowest BCUT2D eigenvalue weighted by molar-refractivity contribution is -0.124. The first kappa shape index (κ1) is 29.4. The van der Waals surface area contributed by atoms with E-state index in [0.717, 1.165) is 37.0 Å². The van der Waals surface area contributed by atoms with Crippen LogP contribution in [-0.2, 0) is 14.3 Å². The number of hydrogen-bond donors (Lipinski definition) is 2. The van der Waals surface area contributed by atoms with E-state index in [4.69, 9.17) is 9.47 Å². The van der Waals surface area contributed by atoms with E-state index in [2.05, 4.69) is 24.1 Å². The summed E-state index contributed by atoms with van der Waals surface area (Å²) >= 11 is 1.14. The second kappa shape index (κ2) is 12.7. The minimum Gasteiger partial charge on any atom is -0.477 e. The summed E-state index contributed by atoms with van der Waals surface area (Å²) in [5.74, 6) is 5.81. The number of thiophene rings is 1. The molecule has 0 radical (unpaired) electrons. The molecule has 8 nitrogen and oxygen atoms in total. The van der Waals surface area contributed by atoms with Crippen LogP contribution in [0.25, 0.3) is 0 Å². The number of carbonyl (C=O) groups is 3. The number of hydrogen-bond acceptors (Lipinski definition) is 6. The largest absolute Gasteiger partial charge is 0.477 e. The van der Waals surface area contributed by atoms with Gasteiger partial charge in [-0.3, -0.25) is 4.79 Å². The number of rotatable bonds is 6. The van der Waals surface area contributed by atoms with Gasteiger partial charge in [0, 0.05) is 29.8 Å². The summed E-state index contributed by atoms with van der Waals surface area (Å²) in [6.45, 7) is 9.30. The van der Waals surface area contributed by atoms with Crippen LogP contribution in [0.3, 0.4) is 0 Å². The van der Waals surface area contributed by atoms with Crippen molar-refractivity contribution in [1.29, 1.82) is 0 Å². The quantitative estimate of drug-likeness (QED) is 0.426. The lowest BCUT2D eigenvalue weighted by atomic mass is 9.81. The van der Waals surface area contributed by atoms with Gasteiger partial charge in [-0.05, 0) is 84.1 Å². The van der Waals surface area contributed by atoms with E-state index >= 15 is 0 Å². The maximum absolute atomic E-state index is 14.1. The van der Waals surface area contributed by atoms with Crippen molar-refractivity contribution in [3.05, 3.63) is 15.8 Å². The highest BCUT2D eigenvalue weighted by molar-refractivity contribution is 7.15. The predicted octanol–water partition coefficient (Wildman–Crippen LogP) is 5.83. The van der Waals surface area contributed by atoms with Crippen LogP contribution in [0.1, 0.15) is 100 Å². The van der Waals surface area contributed by atoms with Crippen LogP contribution in [0, 0.1) is 29.1 Å². The molecular formula is C30H42N2O6S. The maximum atomic E-state index is 14.1. The van der Waals surface area contributed by atoms with Crippen molar-refractivity contribution in [1.82, 2.24) is 5.32 Å². The Balaban J connectivity index is 1.53. The molecule has 4 rings (SSSR count). The second-order valence-corrected chi connectivity index (χ2v) is 13.4. The molecule has 0 unspecified atom stereocenters. The molecule has 0 bridgehead atoms. The Hall–Kier alpha value is -2.57. The molecule has 39 heavy (non-hydrogen) atoms. The maximum Gasteiger partial charge on any atom is 0.407 e. The summed E-state index contributed by atoms with van der Waals surface area (Å²) in [6.07, 6.45) is 6.48. The first-order chi connectivity index (χ1) is 18.5. The van der Waals surface area contributed by atoms with E-state index in [1.165, 1.54) is 0 Å². The van der Waals surface area contributed by atoms with Crippen LogP contribution in [0.5, 0.6) is 0 Å². The van der Waals surface area contributed by atoms with Gasteiger partial charge < -0.3 is 24.8 Å². The van der Waals surface area contributed by atoms with E-state index in [9.17, 15) is 19.5 Å². The summed E-state index contributed by atoms with van der Waals surface area (Å²) in [7, 11) is 0. The van der Waals surface area contributed by atoms with Crippen LogP contribution in [-0.4, -0.2) is 54.5 Å². The number of amides is 2. The number of anilines is 1. The average Bonchev–Trinajstić information content (AvgIpc) is 3.54. The lowest BCUT2D eigenvalue weighted by Crippen LogP contribution is -2.49. The first-order valence-corrected chi connectivity index (χ1v) is 15.1. The van der Waals surface area contributed by atoms with E-state index in [1.54, 1.807) is 11.0 Å². The van der Waals surface area contributed by atoms with Gasteiger partial charge in [-0.25, -0.2) is 9.59 Å². The van der Waals surface area contributed by atoms with Crippen LogP contribution in [0.2, 0.25) is 0 Å². The zero-order valence-electron chi connectivity index (χ0n) is 23.6. The average molecular weight is 559 g/mol. The van der Waals surface area contributed by atoms with Crippen molar-refractivity contribution >= 4 is 35.0 Å². The number of carboxylic acid groups (broad SMARTS) is 1. The topological polar surface area (TPSA) is 105 Å². The van der Waals surface area contributed by atoms with Gasteiger partial charge in [0.1, 0.15) is 11.0 Å². The van der Waals surface area contributed by atoms with Crippen molar-refractivity contribution in [2.45, 2.75) is 104 Å². The molecule has 1 aliphatic heterocycles. The molecule has 3 fully saturated rings. The third-order valence-electron chi connectivity index (χ3n) is 7.87. The molecule has 2 saturated carbocycles. The molecule has 0 spiro atoms. The van der Waals surface area contributed by atoms with Gasteiger partial charge in [0.2, 0.25) is 5.91 Å². The van der Waals surface area contributed by atoms with E-state index in [0.29, 0.717) is 61.8 Å². The molecule has 1 aromatic rings. The summed E-state index contributed by atoms with van der Waals surface area (Å²) in [4.78, 5) is 41.4. The van der Waals surface area contributed by atoms with Gasteiger partial charge in [-0.1, -0.05) is 18.8 Å². The highest BCUT2D eigenvalue weighted by Gasteiger charge is 2.38. The normalized spacial score (nSPS) is 27.2. The highest BCUT2D eigenvalue weighted by Crippen LogP contribution is 2.39. The number of aromatic carboxylic acids is 1. The van der Waals surface area contributed by atoms with Crippen molar-refractivity contribution in [3.8, 4) is 11.8 Å². The number of nitrogens with one attached hydrogen (secondary N) is 1. The molecule has 214 valence electrons. The highest BCUT2D eigenvalue weighted by atomic mass is 32.1. The monoisotopic (exact) mass is 558 g/mol. The molecule has 1 atom stereocenters. The Morgan fingerprint density at radius 1 is 1.08 bits per heavy atom. The van der Waals surface area contributed by atoms with Crippen LogP contribution >= 0.6 is 11.3 Å². The van der Waals surface area contributed by atoms with Crippen molar-refractivity contribution < 1.29 is 29.0 Å². The molecular weight excluding hydrogens is 516 g/mol. The third kappa shape index (κ3) is 7.98. The number of carbonyl (C=O) groups excluding carboxylic acids is 2. The zero-order valence-corrected chi connectivity index (χ0v) is 24.4. The summed E-state index contributed by atoms with van der Waals surface area (Å²) < 4.78 is 10.7. The van der Waals surface area contributed by atoms with Gasteiger partial charge >= 0.3 is 12.1 Å². The zero-order chi connectivity index (χ0) is 28.2. The smallest absolute Gasteiger partial charge is 0.407 e. The Morgan fingerprint density at radius 3 is 2.36 bits per heavy atom.